The summed E-state index contributed by atoms with van der Waals surface area (Å²) in [5.74, 6) is -1.51. The van der Waals surface area contributed by atoms with Crippen LogP contribution < -0.4 is 16.1 Å². The third-order valence-corrected chi connectivity index (χ3v) is 4.30. The van der Waals surface area contributed by atoms with Gasteiger partial charge in [0.1, 0.15) is 0 Å². The van der Waals surface area contributed by atoms with Gasteiger partial charge in [-0.25, -0.2) is 5.43 Å². The SMILES string of the molecule is CCCCNC(=O)C(=O)N/N=C\c1cc(Cl)ccc1Nc1cc(C)ccc1C. The number of anilines is 2. The van der Waals surface area contributed by atoms with Crippen LogP contribution in [0.25, 0.3) is 0 Å². The molecule has 2 aromatic carbocycles. The van der Waals surface area contributed by atoms with Gasteiger partial charge >= 0.3 is 11.8 Å². The molecule has 0 fully saturated rings. The number of amides is 2. The van der Waals surface area contributed by atoms with Crippen molar-refractivity contribution in [3.63, 3.8) is 0 Å². The molecule has 28 heavy (non-hydrogen) atoms. The molecule has 148 valence electrons. The molecule has 0 saturated carbocycles. The van der Waals surface area contributed by atoms with Gasteiger partial charge in [-0.3, -0.25) is 9.59 Å². The molecule has 0 aromatic heterocycles. The third-order valence-electron chi connectivity index (χ3n) is 4.07. The van der Waals surface area contributed by atoms with E-state index in [4.69, 9.17) is 11.6 Å². The van der Waals surface area contributed by atoms with E-state index >= 15 is 0 Å². The van der Waals surface area contributed by atoms with Gasteiger partial charge in [0.15, 0.2) is 0 Å². The third kappa shape index (κ3) is 6.39. The molecule has 0 aliphatic rings. The highest BCUT2D eigenvalue weighted by Crippen LogP contribution is 2.26. The van der Waals surface area contributed by atoms with Gasteiger partial charge in [0.05, 0.1) is 6.21 Å². The topological polar surface area (TPSA) is 82.6 Å². The number of carbonyl (C=O) groups excluding carboxylic acids is 2. The Hall–Kier alpha value is -2.86. The fourth-order valence-corrected chi connectivity index (χ4v) is 2.62. The average molecular weight is 401 g/mol. The molecular weight excluding hydrogens is 376 g/mol. The Labute approximate surface area is 170 Å². The Morgan fingerprint density at radius 1 is 1.07 bits per heavy atom. The molecule has 0 aliphatic carbocycles. The molecule has 2 aromatic rings. The Morgan fingerprint density at radius 2 is 1.86 bits per heavy atom. The Balaban J connectivity index is 2.09. The van der Waals surface area contributed by atoms with Crippen LogP contribution in [-0.2, 0) is 9.59 Å². The molecular formula is C21H25ClN4O2. The average Bonchev–Trinajstić information content (AvgIpc) is 2.66. The molecule has 0 radical (unpaired) electrons. The number of hydrazone groups is 1. The minimum Gasteiger partial charge on any atom is -0.355 e. The number of nitrogens with zero attached hydrogens (tertiary/aromatic N) is 1. The summed E-state index contributed by atoms with van der Waals surface area (Å²) in [7, 11) is 0. The number of hydrogen-bond donors (Lipinski definition) is 3. The first kappa shape index (κ1) is 21.4. The van der Waals surface area contributed by atoms with Crippen LogP contribution in [0.5, 0.6) is 0 Å². The van der Waals surface area contributed by atoms with Gasteiger partial charge in [-0.15, -0.1) is 0 Å². The highest BCUT2D eigenvalue weighted by Gasteiger charge is 2.11. The van der Waals surface area contributed by atoms with Crippen molar-refractivity contribution in [2.45, 2.75) is 33.6 Å². The van der Waals surface area contributed by atoms with E-state index < -0.39 is 11.8 Å². The van der Waals surface area contributed by atoms with Crippen LogP contribution in [0.3, 0.4) is 0 Å². The van der Waals surface area contributed by atoms with E-state index in [0.717, 1.165) is 35.3 Å². The van der Waals surface area contributed by atoms with E-state index in [-0.39, 0.29) is 0 Å². The molecule has 3 N–H and O–H groups in total. The lowest BCUT2D eigenvalue weighted by atomic mass is 10.1. The van der Waals surface area contributed by atoms with Crippen LogP contribution in [0.2, 0.25) is 5.02 Å². The van der Waals surface area contributed by atoms with Crippen LogP contribution >= 0.6 is 11.6 Å². The maximum Gasteiger partial charge on any atom is 0.329 e. The lowest BCUT2D eigenvalue weighted by Gasteiger charge is -2.13. The summed E-state index contributed by atoms with van der Waals surface area (Å²) in [5, 5.41) is 10.3. The molecule has 6 nitrogen and oxygen atoms in total. The van der Waals surface area contributed by atoms with Crippen LogP contribution in [0, 0.1) is 13.8 Å². The Morgan fingerprint density at radius 3 is 2.61 bits per heavy atom. The number of nitrogens with one attached hydrogen (secondary N) is 3. The summed E-state index contributed by atoms with van der Waals surface area (Å²) in [4.78, 5) is 23.4. The van der Waals surface area contributed by atoms with E-state index in [9.17, 15) is 9.59 Å². The van der Waals surface area contributed by atoms with Crippen LogP contribution in [0.15, 0.2) is 41.5 Å². The molecule has 0 spiro atoms. The number of unbranched alkanes of at least 4 members (excludes halogenated alkanes) is 1. The molecule has 0 saturated heterocycles. The summed E-state index contributed by atoms with van der Waals surface area (Å²) >= 11 is 6.10. The number of carbonyl (C=O) groups is 2. The number of rotatable bonds is 7. The van der Waals surface area contributed by atoms with E-state index in [1.54, 1.807) is 12.1 Å². The molecule has 0 atom stereocenters. The van der Waals surface area contributed by atoms with Crippen molar-refractivity contribution in [3.05, 3.63) is 58.1 Å². The fourth-order valence-electron chi connectivity index (χ4n) is 2.44. The molecule has 2 rings (SSSR count). The van der Waals surface area contributed by atoms with E-state index in [0.29, 0.717) is 17.1 Å². The zero-order chi connectivity index (χ0) is 20.5. The number of aryl methyl sites for hydroxylation is 2. The first-order valence-corrected chi connectivity index (χ1v) is 9.53. The quantitative estimate of drug-likeness (QED) is 0.283. The lowest BCUT2D eigenvalue weighted by molar-refractivity contribution is -0.139. The summed E-state index contributed by atoms with van der Waals surface area (Å²) in [6.45, 7) is 6.51. The first-order chi connectivity index (χ1) is 13.4. The van der Waals surface area contributed by atoms with Crippen LogP contribution in [-0.4, -0.2) is 24.6 Å². The van der Waals surface area contributed by atoms with Gasteiger partial charge < -0.3 is 10.6 Å². The van der Waals surface area contributed by atoms with Crippen LogP contribution in [0.1, 0.15) is 36.5 Å². The van der Waals surface area contributed by atoms with Crippen molar-refractivity contribution < 1.29 is 9.59 Å². The number of halogens is 1. The van der Waals surface area contributed by atoms with Crippen molar-refractivity contribution in [2.24, 2.45) is 5.10 Å². The standard InChI is InChI=1S/C21H25ClN4O2/c1-4-5-10-23-20(27)21(28)26-24-13-16-12-17(22)8-9-18(16)25-19-11-14(2)6-7-15(19)3/h6-9,11-13,25H,4-5,10H2,1-3H3,(H,23,27)(H,26,28)/b24-13-. The fraction of sp³-hybridized carbons (Fsp3) is 0.286. The second-order valence-corrected chi connectivity index (χ2v) is 6.92. The second-order valence-electron chi connectivity index (χ2n) is 6.48. The summed E-state index contributed by atoms with van der Waals surface area (Å²) in [6.07, 6.45) is 3.21. The second kappa shape index (κ2) is 10.5. The van der Waals surface area contributed by atoms with Gasteiger partial charge in [0.2, 0.25) is 0 Å². The number of hydrogen-bond acceptors (Lipinski definition) is 4. The Bertz CT molecular complexity index is 881. The minimum atomic E-state index is -0.807. The highest BCUT2D eigenvalue weighted by molar-refractivity contribution is 6.35. The highest BCUT2D eigenvalue weighted by atomic mass is 35.5. The molecule has 0 unspecified atom stereocenters. The van der Waals surface area contributed by atoms with Gasteiger partial charge in [-0.05, 0) is 55.7 Å². The maximum absolute atomic E-state index is 11.8. The maximum atomic E-state index is 11.8. The molecule has 2 amide bonds. The van der Waals surface area contributed by atoms with Gasteiger partial charge in [-0.1, -0.05) is 37.1 Å². The normalized spacial score (nSPS) is 10.7. The van der Waals surface area contributed by atoms with Crippen molar-refractivity contribution in [3.8, 4) is 0 Å². The summed E-state index contributed by atoms with van der Waals surface area (Å²) in [5.41, 5.74) is 6.90. The van der Waals surface area contributed by atoms with Crippen LogP contribution in [0.4, 0.5) is 11.4 Å². The molecule has 0 bridgehead atoms. The van der Waals surface area contributed by atoms with Crippen molar-refractivity contribution in [2.75, 3.05) is 11.9 Å². The Kier molecular flexibility index (Phi) is 8.02. The monoisotopic (exact) mass is 400 g/mol. The summed E-state index contributed by atoms with van der Waals surface area (Å²) in [6, 6.07) is 11.5. The molecule has 0 heterocycles. The molecule has 0 aliphatic heterocycles. The number of benzene rings is 2. The minimum absolute atomic E-state index is 0.463. The van der Waals surface area contributed by atoms with Crippen molar-refractivity contribution in [1.29, 1.82) is 0 Å². The van der Waals surface area contributed by atoms with Gasteiger partial charge in [0, 0.05) is 28.5 Å². The summed E-state index contributed by atoms with van der Waals surface area (Å²) < 4.78 is 0. The van der Waals surface area contributed by atoms with Crippen molar-refractivity contribution >= 4 is 41.0 Å². The lowest BCUT2D eigenvalue weighted by Crippen LogP contribution is -2.38. The zero-order valence-corrected chi connectivity index (χ0v) is 17.1. The largest absolute Gasteiger partial charge is 0.355 e. The predicted octanol–water partition coefficient (Wildman–Crippen LogP) is 4.07. The predicted molar refractivity (Wildman–Crippen MR) is 114 cm³/mol. The van der Waals surface area contributed by atoms with Crippen molar-refractivity contribution in [1.82, 2.24) is 10.7 Å². The smallest absolute Gasteiger partial charge is 0.329 e. The van der Waals surface area contributed by atoms with E-state index in [2.05, 4.69) is 21.2 Å². The van der Waals surface area contributed by atoms with E-state index in [1.807, 2.05) is 45.0 Å². The van der Waals surface area contributed by atoms with Gasteiger partial charge in [0.25, 0.3) is 0 Å². The molecule has 7 heteroatoms. The van der Waals surface area contributed by atoms with E-state index in [1.165, 1.54) is 6.21 Å². The zero-order valence-electron chi connectivity index (χ0n) is 16.3. The first-order valence-electron chi connectivity index (χ1n) is 9.15. The van der Waals surface area contributed by atoms with Gasteiger partial charge in [-0.2, -0.15) is 5.10 Å².